The number of hydrogen-bond donors (Lipinski definition) is 4. The number of aliphatic hydroxyl groups is 4. The first-order valence-electron chi connectivity index (χ1n) is 14.3. The Balaban J connectivity index is 1.68. The van der Waals surface area contributed by atoms with Crippen LogP contribution < -0.4 is 0 Å². The molecule has 4 fully saturated rings. The Hall–Kier alpha value is -0.160. The SMILES string of the molecule is CC(C)CCCC(C)(O)C1CCC2(C)C1C(O)CC1C3(C)CCC(O)C(C)(C)C3C(O)CC12C. The lowest BCUT2D eigenvalue weighted by Gasteiger charge is -2.71. The third-order valence-corrected chi connectivity index (χ3v) is 12.5. The molecule has 4 heteroatoms. The maximum atomic E-state index is 11.8. The Morgan fingerprint density at radius 3 is 2.18 bits per heavy atom. The highest BCUT2D eigenvalue weighted by atomic mass is 16.3. The van der Waals surface area contributed by atoms with Crippen LogP contribution in [0.25, 0.3) is 0 Å². The van der Waals surface area contributed by atoms with Crippen LogP contribution in [-0.4, -0.2) is 44.3 Å². The molecule has 0 aromatic heterocycles. The highest BCUT2D eigenvalue weighted by Gasteiger charge is 2.72. The van der Waals surface area contributed by atoms with Crippen LogP contribution >= 0.6 is 0 Å². The molecule has 4 aliphatic carbocycles. The summed E-state index contributed by atoms with van der Waals surface area (Å²) in [6.45, 7) is 17.9. The second-order valence-corrected chi connectivity index (χ2v) is 15.1. The zero-order chi connectivity index (χ0) is 25.5. The fourth-order valence-electron chi connectivity index (χ4n) is 10.7. The van der Waals surface area contributed by atoms with Gasteiger partial charge in [-0.1, -0.05) is 61.3 Å². The van der Waals surface area contributed by atoms with Gasteiger partial charge in [0.2, 0.25) is 0 Å². The minimum atomic E-state index is -0.766. The van der Waals surface area contributed by atoms with Crippen LogP contribution in [0, 0.1) is 51.2 Å². The molecule has 198 valence electrons. The van der Waals surface area contributed by atoms with E-state index in [1.165, 1.54) is 0 Å². The van der Waals surface area contributed by atoms with Crippen molar-refractivity contribution in [3.63, 3.8) is 0 Å². The molecule has 4 saturated carbocycles. The van der Waals surface area contributed by atoms with E-state index in [1.54, 1.807) is 0 Å². The Morgan fingerprint density at radius 2 is 1.56 bits per heavy atom. The molecule has 0 saturated heterocycles. The van der Waals surface area contributed by atoms with Gasteiger partial charge in [0.15, 0.2) is 0 Å². The van der Waals surface area contributed by atoms with E-state index in [4.69, 9.17) is 0 Å². The average Bonchev–Trinajstić information content (AvgIpc) is 3.07. The van der Waals surface area contributed by atoms with Crippen molar-refractivity contribution in [3.8, 4) is 0 Å². The topological polar surface area (TPSA) is 80.9 Å². The van der Waals surface area contributed by atoms with E-state index in [-0.39, 0.29) is 39.4 Å². The van der Waals surface area contributed by atoms with Crippen LogP contribution in [0.4, 0.5) is 0 Å². The molecule has 0 radical (unpaired) electrons. The van der Waals surface area contributed by atoms with Gasteiger partial charge in [0.05, 0.1) is 23.9 Å². The standard InChI is InChI=1S/C30H54O4/c1-18(2)10-9-13-30(8,34)19-11-15-28(6)24(19)20(31)16-22-27(5)14-12-23(33)26(3,4)25(27)21(32)17-29(22,28)7/h18-25,31-34H,9-17H2,1-8H3. The highest BCUT2D eigenvalue weighted by molar-refractivity contribution is 5.21. The molecule has 0 bridgehead atoms. The first-order valence-corrected chi connectivity index (χ1v) is 14.3. The van der Waals surface area contributed by atoms with Gasteiger partial charge < -0.3 is 20.4 Å². The Bertz CT molecular complexity index is 761. The molecule has 0 aromatic rings. The first-order chi connectivity index (χ1) is 15.5. The summed E-state index contributed by atoms with van der Waals surface area (Å²) in [6, 6.07) is 0. The predicted molar refractivity (Wildman–Crippen MR) is 137 cm³/mol. The van der Waals surface area contributed by atoms with Crippen molar-refractivity contribution in [2.75, 3.05) is 0 Å². The van der Waals surface area contributed by atoms with E-state index in [0.29, 0.717) is 11.8 Å². The smallest absolute Gasteiger partial charge is 0.0651 e. The van der Waals surface area contributed by atoms with Crippen molar-refractivity contribution >= 4 is 0 Å². The van der Waals surface area contributed by atoms with E-state index >= 15 is 0 Å². The minimum Gasteiger partial charge on any atom is -0.393 e. The summed E-state index contributed by atoms with van der Waals surface area (Å²) >= 11 is 0. The van der Waals surface area contributed by atoms with E-state index in [1.807, 2.05) is 6.92 Å². The van der Waals surface area contributed by atoms with Crippen molar-refractivity contribution in [2.24, 2.45) is 51.2 Å². The normalized spacial score (nSPS) is 52.0. The Labute approximate surface area is 208 Å². The number of fused-ring (bicyclic) bond motifs is 5. The number of rotatable bonds is 5. The lowest BCUT2D eigenvalue weighted by molar-refractivity contribution is -0.274. The fourth-order valence-corrected chi connectivity index (χ4v) is 10.7. The monoisotopic (exact) mass is 478 g/mol. The summed E-state index contributed by atoms with van der Waals surface area (Å²) in [5.41, 5.74) is -1.42. The molecule has 4 N–H and O–H groups in total. The van der Waals surface area contributed by atoms with Crippen LogP contribution in [0.1, 0.15) is 113 Å². The predicted octanol–water partition coefficient (Wildman–Crippen LogP) is 5.55. The molecular formula is C30H54O4. The molecule has 4 nitrogen and oxygen atoms in total. The molecule has 0 aromatic carbocycles. The van der Waals surface area contributed by atoms with Gasteiger partial charge in [-0.05, 0) is 103 Å². The first kappa shape index (κ1) is 26.9. The largest absolute Gasteiger partial charge is 0.393 e. The van der Waals surface area contributed by atoms with Crippen LogP contribution in [0.5, 0.6) is 0 Å². The van der Waals surface area contributed by atoms with Gasteiger partial charge in [-0.3, -0.25) is 0 Å². The van der Waals surface area contributed by atoms with Crippen molar-refractivity contribution in [3.05, 3.63) is 0 Å². The average molecular weight is 479 g/mol. The van der Waals surface area contributed by atoms with E-state index in [2.05, 4.69) is 48.5 Å². The molecule has 11 unspecified atom stereocenters. The molecule has 4 aliphatic rings. The van der Waals surface area contributed by atoms with Crippen LogP contribution in [0.2, 0.25) is 0 Å². The second kappa shape index (κ2) is 8.43. The molecule has 0 aliphatic heterocycles. The van der Waals surface area contributed by atoms with Gasteiger partial charge in [-0.25, -0.2) is 0 Å². The Morgan fingerprint density at radius 1 is 0.912 bits per heavy atom. The zero-order valence-electron chi connectivity index (χ0n) is 23.3. The highest BCUT2D eigenvalue weighted by Crippen LogP contribution is 2.75. The lowest BCUT2D eigenvalue weighted by atomic mass is 9.34. The molecule has 34 heavy (non-hydrogen) atoms. The molecule has 0 heterocycles. The van der Waals surface area contributed by atoms with E-state index < -0.39 is 23.9 Å². The van der Waals surface area contributed by atoms with Crippen LogP contribution in [0.15, 0.2) is 0 Å². The number of hydrogen-bond acceptors (Lipinski definition) is 4. The van der Waals surface area contributed by atoms with Gasteiger partial charge in [0.25, 0.3) is 0 Å². The maximum Gasteiger partial charge on any atom is 0.0651 e. The van der Waals surface area contributed by atoms with Crippen molar-refractivity contribution < 1.29 is 20.4 Å². The van der Waals surface area contributed by atoms with Crippen molar-refractivity contribution in [2.45, 2.75) is 137 Å². The van der Waals surface area contributed by atoms with Gasteiger partial charge in [0, 0.05) is 0 Å². The van der Waals surface area contributed by atoms with Gasteiger partial charge in [0.1, 0.15) is 0 Å². The Kier molecular flexibility index (Phi) is 6.67. The number of aliphatic hydroxyl groups excluding tert-OH is 3. The molecule has 0 spiro atoms. The quantitative estimate of drug-likeness (QED) is 0.417. The van der Waals surface area contributed by atoms with E-state index in [9.17, 15) is 20.4 Å². The second-order valence-electron chi connectivity index (χ2n) is 15.1. The van der Waals surface area contributed by atoms with Crippen molar-refractivity contribution in [1.82, 2.24) is 0 Å². The van der Waals surface area contributed by atoms with E-state index in [0.717, 1.165) is 57.8 Å². The van der Waals surface area contributed by atoms with Gasteiger partial charge in [-0.2, -0.15) is 0 Å². The minimum absolute atomic E-state index is 0.0329. The molecule has 4 rings (SSSR count). The van der Waals surface area contributed by atoms with Gasteiger partial charge in [-0.15, -0.1) is 0 Å². The maximum absolute atomic E-state index is 11.8. The molecule has 11 atom stereocenters. The molecule has 0 amide bonds. The van der Waals surface area contributed by atoms with Crippen LogP contribution in [0.3, 0.4) is 0 Å². The summed E-state index contributed by atoms with van der Waals surface area (Å²) in [7, 11) is 0. The summed E-state index contributed by atoms with van der Waals surface area (Å²) in [5, 5.41) is 46.0. The van der Waals surface area contributed by atoms with Gasteiger partial charge >= 0.3 is 0 Å². The lowest BCUT2D eigenvalue weighted by Crippen LogP contribution is -2.69. The summed E-state index contributed by atoms with van der Waals surface area (Å²) in [4.78, 5) is 0. The summed E-state index contributed by atoms with van der Waals surface area (Å²) in [6.07, 6.45) is 6.80. The third kappa shape index (κ3) is 3.67. The summed E-state index contributed by atoms with van der Waals surface area (Å²) in [5.74, 6) is 1.15. The fraction of sp³-hybridized carbons (Fsp3) is 1.00. The van der Waals surface area contributed by atoms with Crippen LogP contribution in [-0.2, 0) is 0 Å². The van der Waals surface area contributed by atoms with Crippen molar-refractivity contribution in [1.29, 1.82) is 0 Å². The third-order valence-electron chi connectivity index (χ3n) is 12.5. The molecular weight excluding hydrogens is 424 g/mol. The summed E-state index contributed by atoms with van der Waals surface area (Å²) < 4.78 is 0. The zero-order valence-corrected chi connectivity index (χ0v) is 23.3.